The predicted molar refractivity (Wildman–Crippen MR) is 191 cm³/mol. The highest BCUT2D eigenvalue weighted by Crippen LogP contribution is 2.34. The van der Waals surface area contributed by atoms with Crippen LogP contribution in [0.1, 0.15) is 94.1 Å². The normalized spacial score (nSPS) is 16.7. The van der Waals surface area contributed by atoms with Crippen molar-refractivity contribution in [2.24, 2.45) is 5.92 Å². The van der Waals surface area contributed by atoms with E-state index in [9.17, 15) is 4.79 Å². The highest BCUT2D eigenvalue weighted by atomic mass is 16.5. The third-order valence-electron chi connectivity index (χ3n) is 10.1. The van der Waals surface area contributed by atoms with Gasteiger partial charge in [-0.3, -0.25) is 4.79 Å². The summed E-state index contributed by atoms with van der Waals surface area (Å²) < 4.78 is 8.22. The summed E-state index contributed by atoms with van der Waals surface area (Å²) >= 11 is 0. The Labute approximate surface area is 283 Å². The lowest BCUT2D eigenvalue weighted by atomic mass is 9.93. The van der Waals surface area contributed by atoms with Gasteiger partial charge in [0.1, 0.15) is 17.3 Å². The Morgan fingerprint density at radius 3 is 2.38 bits per heavy atom. The number of rotatable bonds is 9. The van der Waals surface area contributed by atoms with Gasteiger partial charge >= 0.3 is 0 Å². The molecule has 0 unspecified atom stereocenters. The number of nitrogens with zero attached hydrogens (tertiary/aromatic N) is 6. The molecule has 7 rings (SSSR count). The van der Waals surface area contributed by atoms with Gasteiger partial charge in [-0.05, 0) is 99.1 Å². The fourth-order valence-corrected chi connectivity index (χ4v) is 7.22. The van der Waals surface area contributed by atoms with Gasteiger partial charge in [0.2, 0.25) is 0 Å². The van der Waals surface area contributed by atoms with Gasteiger partial charge in [0.15, 0.2) is 0 Å². The summed E-state index contributed by atoms with van der Waals surface area (Å²) in [6, 6.07) is 21.2. The number of benzene rings is 2. The standard InChI is InChI=1S/C40H46N6O2/c1-28(2)35-16-17-36(44-43-35)30-12-14-34(15-13-30)48-38-24-37-32(23-33(38)27-46-20-8-7-11-39(46)47)25-41-40(42-37)31-18-21-45(22-19-31)26-29-9-5-3-4-6-10-29/h7-8,11-17,20,23-25,28-29,31H,3-6,9-10,18-19,21-22,26-27H2,1-2H3. The van der Waals surface area contributed by atoms with E-state index < -0.39 is 0 Å². The van der Waals surface area contributed by atoms with Crippen LogP contribution in [-0.2, 0) is 6.54 Å². The highest BCUT2D eigenvalue weighted by molar-refractivity contribution is 5.81. The Morgan fingerprint density at radius 2 is 1.67 bits per heavy atom. The Bertz CT molecular complexity index is 1870. The van der Waals surface area contributed by atoms with Crippen molar-refractivity contribution in [2.45, 2.75) is 83.6 Å². The van der Waals surface area contributed by atoms with Gasteiger partial charge in [-0.15, -0.1) is 0 Å². The summed E-state index contributed by atoms with van der Waals surface area (Å²) in [6.07, 6.45) is 14.3. The molecule has 8 nitrogen and oxygen atoms in total. The van der Waals surface area contributed by atoms with Crippen molar-refractivity contribution < 1.29 is 4.74 Å². The zero-order valence-corrected chi connectivity index (χ0v) is 28.2. The summed E-state index contributed by atoms with van der Waals surface area (Å²) in [5.74, 6) is 3.85. The fraction of sp³-hybridized carbons (Fsp3) is 0.425. The van der Waals surface area contributed by atoms with Gasteiger partial charge < -0.3 is 14.2 Å². The lowest BCUT2D eigenvalue weighted by Crippen LogP contribution is -2.36. The second-order valence-corrected chi connectivity index (χ2v) is 14.0. The molecule has 3 aromatic heterocycles. The molecule has 2 aliphatic rings. The molecule has 2 aromatic carbocycles. The van der Waals surface area contributed by atoms with E-state index in [1.165, 1.54) is 45.1 Å². The molecule has 0 amide bonds. The van der Waals surface area contributed by atoms with Crippen LogP contribution in [0.5, 0.6) is 11.5 Å². The number of ether oxygens (including phenoxy) is 1. The summed E-state index contributed by atoms with van der Waals surface area (Å²) in [7, 11) is 0. The fourth-order valence-electron chi connectivity index (χ4n) is 7.22. The van der Waals surface area contributed by atoms with E-state index in [0.717, 1.165) is 71.1 Å². The smallest absolute Gasteiger partial charge is 0.250 e. The minimum atomic E-state index is -0.0607. The van der Waals surface area contributed by atoms with Crippen molar-refractivity contribution in [2.75, 3.05) is 19.6 Å². The molecule has 1 saturated carbocycles. The molecule has 5 aromatic rings. The van der Waals surface area contributed by atoms with Crippen molar-refractivity contribution in [1.82, 2.24) is 29.6 Å². The monoisotopic (exact) mass is 642 g/mol. The number of pyridine rings is 1. The molecule has 0 spiro atoms. The summed E-state index contributed by atoms with van der Waals surface area (Å²) in [5, 5.41) is 9.75. The second kappa shape index (κ2) is 14.8. The van der Waals surface area contributed by atoms with E-state index in [2.05, 4.69) is 35.0 Å². The lowest BCUT2D eigenvalue weighted by Gasteiger charge is -2.33. The zero-order chi connectivity index (χ0) is 32.9. The van der Waals surface area contributed by atoms with Crippen LogP contribution >= 0.6 is 0 Å². The van der Waals surface area contributed by atoms with Crippen LogP contribution in [0.3, 0.4) is 0 Å². The van der Waals surface area contributed by atoms with Crippen LogP contribution in [-0.4, -0.2) is 49.3 Å². The largest absolute Gasteiger partial charge is 0.457 e. The Hall–Kier alpha value is -4.43. The third kappa shape index (κ3) is 7.65. The maximum atomic E-state index is 12.6. The zero-order valence-electron chi connectivity index (χ0n) is 28.2. The van der Waals surface area contributed by atoms with Crippen LogP contribution in [0.15, 0.2) is 83.9 Å². The first-order valence-corrected chi connectivity index (χ1v) is 17.8. The summed E-state index contributed by atoms with van der Waals surface area (Å²) in [6.45, 7) is 8.08. The number of aromatic nitrogens is 5. The molecule has 1 aliphatic heterocycles. The molecule has 2 fully saturated rings. The van der Waals surface area contributed by atoms with Crippen molar-refractivity contribution in [3.63, 3.8) is 0 Å². The SMILES string of the molecule is CC(C)c1ccc(-c2ccc(Oc3cc4nc(C5CCN(CC6CCCCCC6)CC5)ncc4cc3Cn3ccccc3=O)cc2)nn1. The highest BCUT2D eigenvalue weighted by Gasteiger charge is 2.25. The maximum absolute atomic E-state index is 12.6. The molecule has 0 bridgehead atoms. The Kier molecular flexibility index (Phi) is 9.89. The number of hydrogen-bond donors (Lipinski definition) is 0. The van der Waals surface area contributed by atoms with Gasteiger partial charge in [-0.25, -0.2) is 9.97 Å². The molecule has 0 atom stereocenters. The molecular formula is C40H46N6O2. The van der Waals surface area contributed by atoms with Gasteiger partial charge in [0.25, 0.3) is 5.56 Å². The minimum absolute atomic E-state index is 0.0607. The number of piperidine rings is 1. The first-order chi connectivity index (χ1) is 23.5. The van der Waals surface area contributed by atoms with E-state index >= 15 is 0 Å². The first-order valence-electron chi connectivity index (χ1n) is 17.8. The van der Waals surface area contributed by atoms with Crippen LogP contribution in [0.2, 0.25) is 0 Å². The average molecular weight is 643 g/mol. The van der Waals surface area contributed by atoms with Crippen molar-refractivity contribution in [1.29, 1.82) is 0 Å². The Morgan fingerprint density at radius 1 is 0.875 bits per heavy atom. The topological polar surface area (TPSA) is 86.0 Å². The number of hydrogen-bond acceptors (Lipinski definition) is 7. The van der Waals surface area contributed by atoms with Crippen LogP contribution in [0.25, 0.3) is 22.2 Å². The van der Waals surface area contributed by atoms with Gasteiger partial charge in [0, 0.05) is 53.5 Å². The van der Waals surface area contributed by atoms with Crippen molar-refractivity contribution in [3.05, 3.63) is 107 Å². The quantitative estimate of drug-likeness (QED) is 0.149. The van der Waals surface area contributed by atoms with E-state index in [4.69, 9.17) is 14.7 Å². The van der Waals surface area contributed by atoms with E-state index in [1.54, 1.807) is 22.9 Å². The lowest BCUT2D eigenvalue weighted by molar-refractivity contribution is 0.173. The number of likely N-dealkylation sites (tertiary alicyclic amines) is 1. The molecule has 1 aliphatic carbocycles. The van der Waals surface area contributed by atoms with Crippen LogP contribution in [0.4, 0.5) is 0 Å². The van der Waals surface area contributed by atoms with E-state index in [1.807, 2.05) is 54.7 Å². The maximum Gasteiger partial charge on any atom is 0.250 e. The molecule has 248 valence electrons. The van der Waals surface area contributed by atoms with E-state index in [0.29, 0.717) is 29.9 Å². The minimum Gasteiger partial charge on any atom is -0.457 e. The van der Waals surface area contributed by atoms with Gasteiger partial charge in [-0.2, -0.15) is 10.2 Å². The van der Waals surface area contributed by atoms with Gasteiger partial charge in [-0.1, -0.05) is 45.6 Å². The van der Waals surface area contributed by atoms with Crippen molar-refractivity contribution >= 4 is 10.9 Å². The summed E-state index contributed by atoms with van der Waals surface area (Å²) in [4.78, 5) is 25.3. The Balaban J connectivity index is 1.11. The molecule has 48 heavy (non-hydrogen) atoms. The molecule has 0 radical (unpaired) electrons. The molecule has 8 heteroatoms. The number of fused-ring (bicyclic) bond motifs is 1. The van der Waals surface area contributed by atoms with Crippen molar-refractivity contribution in [3.8, 4) is 22.8 Å². The second-order valence-electron chi connectivity index (χ2n) is 14.0. The van der Waals surface area contributed by atoms with Crippen LogP contribution in [0, 0.1) is 5.92 Å². The van der Waals surface area contributed by atoms with Crippen LogP contribution < -0.4 is 10.3 Å². The third-order valence-corrected chi connectivity index (χ3v) is 10.1. The molecule has 0 N–H and O–H groups in total. The average Bonchev–Trinajstić information content (AvgIpc) is 3.39. The summed E-state index contributed by atoms with van der Waals surface area (Å²) in [5.41, 5.74) is 4.45. The van der Waals surface area contributed by atoms with E-state index in [-0.39, 0.29) is 5.56 Å². The first kappa shape index (κ1) is 32.1. The predicted octanol–water partition coefficient (Wildman–Crippen LogP) is 8.36. The van der Waals surface area contributed by atoms with Gasteiger partial charge in [0.05, 0.1) is 23.4 Å². The molecule has 4 heterocycles. The molecule has 1 saturated heterocycles. The molecular weight excluding hydrogens is 596 g/mol.